The predicted octanol–water partition coefficient (Wildman–Crippen LogP) is -0.951. The number of hydrogen-bond donors (Lipinski definition) is 3. The predicted molar refractivity (Wildman–Crippen MR) is 61.4 cm³/mol. The number of aliphatic hydroxyl groups excluding tert-OH is 2. The number of fused-ring (bicyclic) bond motifs is 1. The second-order valence-electron chi connectivity index (χ2n) is 4.22. The Balaban J connectivity index is 2.02. The number of nitrogen functional groups attached to an aromatic ring is 1. The Labute approximate surface area is 102 Å². The largest absolute Gasteiger partial charge is 0.394 e. The van der Waals surface area contributed by atoms with E-state index in [2.05, 4.69) is 15.0 Å². The van der Waals surface area contributed by atoms with Gasteiger partial charge in [-0.3, -0.25) is 4.57 Å². The highest BCUT2D eigenvalue weighted by molar-refractivity contribution is 5.81. The molecule has 0 radical (unpaired) electrons. The SMILES string of the molecule is Nc1ncnc2c1ncn2C1O[C@H](CO)C[C@@H]1O. The maximum atomic E-state index is 9.93. The van der Waals surface area contributed by atoms with Gasteiger partial charge in [0.25, 0.3) is 0 Å². The van der Waals surface area contributed by atoms with Crippen LogP contribution < -0.4 is 5.73 Å². The van der Waals surface area contributed by atoms with Crippen LogP contribution in [0.15, 0.2) is 12.7 Å². The minimum absolute atomic E-state index is 0.128. The molecule has 0 aliphatic carbocycles. The van der Waals surface area contributed by atoms with E-state index in [9.17, 15) is 5.11 Å². The van der Waals surface area contributed by atoms with Crippen molar-refractivity contribution in [1.29, 1.82) is 0 Å². The number of imidazole rings is 1. The van der Waals surface area contributed by atoms with E-state index < -0.39 is 12.3 Å². The zero-order chi connectivity index (χ0) is 12.7. The molecule has 0 saturated carbocycles. The summed E-state index contributed by atoms with van der Waals surface area (Å²) in [7, 11) is 0. The van der Waals surface area contributed by atoms with Crippen LogP contribution in [0.4, 0.5) is 5.82 Å². The number of anilines is 1. The summed E-state index contributed by atoms with van der Waals surface area (Å²) in [6, 6.07) is 0. The molecule has 96 valence electrons. The van der Waals surface area contributed by atoms with E-state index in [0.29, 0.717) is 17.6 Å². The van der Waals surface area contributed by atoms with E-state index in [1.165, 1.54) is 12.7 Å². The summed E-state index contributed by atoms with van der Waals surface area (Å²) in [6.07, 6.45) is 1.52. The van der Waals surface area contributed by atoms with E-state index in [0.717, 1.165) is 0 Å². The molecule has 1 aliphatic heterocycles. The van der Waals surface area contributed by atoms with Gasteiger partial charge in [-0.05, 0) is 0 Å². The monoisotopic (exact) mass is 251 g/mol. The Morgan fingerprint density at radius 2 is 2.28 bits per heavy atom. The highest BCUT2D eigenvalue weighted by Crippen LogP contribution is 2.31. The lowest BCUT2D eigenvalue weighted by Gasteiger charge is -2.16. The average Bonchev–Trinajstić information content (AvgIpc) is 2.93. The number of aliphatic hydroxyl groups is 2. The molecule has 0 amide bonds. The molecule has 0 spiro atoms. The van der Waals surface area contributed by atoms with Crippen molar-refractivity contribution in [3.8, 4) is 0 Å². The smallest absolute Gasteiger partial charge is 0.167 e. The number of ether oxygens (including phenoxy) is 1. The molecule has 1 fully saturated rings. The fourth-order valence-electron chi connectivity index (χ4n) is 2.15. The molecule has 3 atom stereocenters. The minimum Gasteiger partial charge on any atom is -0.394 e. The van der Waals surface area contributed by atoms with Crippen molar-refractivity contribution in [3.63, 3.8) is 0 Å². The maximum absolute atomic E-state index is 9.93. The summed E-state index contributed by atoms with van der Waals surface area (Å²) >= 11 is 0. The number of hydrogen-bond acceptors (Lipinski definition) is 7. The third-order valence-electron chi connectivity index (χ3n) is 3.03. The number of aromatic nitrogens is 4. The zero-order valence-electron chi connectivity index (χ0n) is 9.47. The van der Waals surface area contributed by atoms with Crippen LogP contribution in [0.1, 0.15) is 12.6 Å². The summed E-state index contributed by atoms with van der Waals surface area (Å²) < 4.78 is 7.14. The fraction of sp³-hybridized carbons (Fsp3) is 0.500. The molecule has 0 bridgehead atoms. The first-order valence-corrected chi connectivity index (χ1v) is 5.58. The first-order valence-electron chi connectivity index (χ1n) is 5.58. The third kappa shape index (κ3) is 1.62. The normalized spacial score (nSPS) is 28.0. The van der Waals surface area contributed by atoms with Gasteiger partial charge >= 0.3 is 0 Å². The summed E-state index contributed by atoms with van der Waals surface area (Å²) in [5.41, 5.74) is 6.66. The van der Waals surface area contributed by atoms with Crippen LogP contribution in [0.5, 0.6) is 0 Å². The first-order chi connectivity index (χ1) is 8.70. The first kappa shape index (κ1) is 11.3. The van der Waals surface area contributed by atoms with Crippen molar-refractivity contribution < 1.29 is 14.9 Å². The van der Waals surface area contributed by atoms with Crippen LogP contribution in [0, 0.1) is 0 Å². The summed E-state index contributed by atoms with van der Waals surface area (Å²) in [5.74, 6) is 0.282. The fourth-order valence-corrected chi connectivity index (χ4v) is 2.15. The molecule has 1 saturated heterocycles. The Hall–Kier alpha value is -1.77. The van der Waals surface area contributed by atoms with E-state index >= 15 is 0 Å². The van der Waals surface area contributed by atoms with Gasteiger partial charge in [0, 0.05) is 6.42 Å². The molecule has 2 aromatic rings. The number of nitrogens with two attached hydrogens (primary N) is 1. The number of nitrogens with zero attached hydrogens (tertiary/aromatic N) is 4. The van der Waals surface area contributed by atoms with Crippen molar-refractivity contribution in [1.82, 2.24) is 19.5 Å². The molecule has 3 rings (SSSR count). The highest BCUT2D eigenvalue weighted by atomic mass is 16.5. The lowest BCUT2D eigenvalue weighted by Crippen LogP contribution is -2.19. The van der Waals surface area contributed by atoms with Crippen LogP contribution in [-0.4, -0.2) is 48.5 Å². The Kier molecular flexibility index (Phi) is 2.62. The molecule has 4 N–H and O–H groups in total. The van der Waals surface area contributed by atoms with Gasteiger partial charge in [-0.25, -0.2) is 15.0 Å². The van der Waals surface area contributed by atoms with Crippen molar-refractivity contribution >= 4 is 17.0 Å². The number of rotatable bonds is 2. The van der Waals surface area contributed by atoms with Gasteiger partial charge < -0.3 is 20.7 Å². The van der Waals surface area contributed by atoms with Gasteiger partial charge in [0.15, 0.2) is 17.7 Å². The quantitative estimate of drug-likeness (QED) is 0.629. The molecule has 8 heteroatoms. The van der Waals surface area contributed by atoms with Gasteiger partial charge in [0.05, 0.1) is 19.0 Å². The molecule has 1 unspecified atom stereocenters. The lowest BCUT2D eigenvalue weighted by molar-refractivity contribution is -0.0486. The van der Waals surface area contributed by atoms with E-state index in [1.807, 2.05) is 0 Å². The van der Waals surface area contributed by atoms with Crippen molar-refractivity contribution in [3.05, 3.63) is 12.7 Å². The van der Waals surface area contributed by atoms with Gasteiger partial charge in [0.2, 0.25) is 0 Å². The Bertz CT molecular complexity index is 572. The summed E-state index contributed by atoms with van der Waals surface area (Å²) in [4.78, 5) is 12.0. The second kappa shape index (κ2) is 4.16. The average molecular weight is 251 g/mol. The lowest BCUT2D eigenvalue weighted by atomic mass is 10.2. The summed E-state index contributed by atoms with van der Waals surface area (Å²) in [5, 5.41) is 19.0. The van der Waals surface area contributed by atoms with Crippen LogP contribution in [-0.2, 0) is 4.74 Å². The van der Waals surface area contributed by atoms with E-state index in [-0.39, 0.29) is 18.5 Å². The molecule has 8 nitrogen and oxygen atoms in total. The third-order valence-corrected chi connectivity index (χ3v) is 3.03. The van der Waals surface area contributed by atoms with Crippen LogP contribution in [0.3, 0.4) is 0 Å². The van der Waals surface area contributed by atoms with Crippen molar-refractivity contribution in [2.45, 2.75) is 24.9 Å². The second-order valence-corrected chi connectivity index (χ2v) is 4.22. The molecule has 3 heterocycles. The zero-order valence-corrected chi connectivity index (χ0v) is 9.47. The molecular weight excluding hydrogens is 238 g/mol. The minimum atomic E-state index is -0.712. The standard InChI is InChI=1S/C10H13N5O3/c11-8-7-9(13-3-12-8)15(4-14-7)10-6(17)1-5(2-16)18-10/h3-6,10,16-17H,1-2H2,(H2,11,12,13)/t5-,6-,10?/m0/s1. The van der Waals surface area contributed by atoms with Crippen LogP contribution >= 0.6 is 0 Å². The summed E-state index contributed by atoms with van der Waals surface area (Å²) in [6.45, 7) is -0.128. The highest BCUT2D eigenvalue weighted by Gasteiger charge is 2.35. The van der Waals surface area contributed by atoms with Crippen molar-refractivity contribution in [2.24, 2.45) is 0 Å². The maximum Gasteiger partial charge on any atom is 0.167 e. The van der Waals surface area contributed by atoms with Gasteiger partial charge in [-0.1, -0.05) is 0 Å². The Morgan fingerprint density at radius 1 is 1.44 bits per heavy atom. The van der Waals surface area contributed by atoms with Gasteiger partial charge in [0.1, 0.15) is 17.9 Å². The van der Waals surface area contributed by atoms with Gasteiger partial charge in [-0.2, -0.15) is 0 Å². The molecule has 0 aromatic carbocycles. The molecule has 18 heavy (non-hydrogen) atoms. The molecular formula is C10H13N5O3. The Morgan fingerprint density at radius 3 is 3.00 bits per heavy atom. The van der Waals surface area contributed by atoms with Crippen LogP contribution in [0.25, 0.3) is 11.2 Å². The molecule has 2 aromatic heterocycles. The van der Waals surface area contributed by atoms with Gasteiger partial charge in [-0.15, -0.1) is 0 Å². The topological polar surface area (TPSA) is 119 Å². The van der Waals surface area contributed by atoms with Crippen LogP contribution in [0.2, 0.25) is 0 Å². The van der Waals surface area contributed by atoms with E-state index in [4.69, 9.17) is 15.6 Å². The molecule has 1 aliphatic rings. The van der Waals surface area contributed by atoms with Crippen molar-refractivity contribution in [2.75, 3.05) is 12.3 Å². The van der Waals surface area contributed by atoms with E-state index in [1.54, 1.807) is 4.57 Å².